The smallest absolute Gasteiger partial charge is 0.186 e. The lowest BCUT2D eigenvalue weighted by Crippen LogP contribution is -1.98. The second-order valence-corrected chi connectivity index (χ2v) is 7.31. The van der Waals surface area contributed by atoms with Crippen molar-refractivity contribution in [3.63, 3.8) is 0 Å². The molecule has 0 spiro atoms. The molecule has 2 aromatic carbocycles. The fourth-order valence-electron chi connectivity index (χ4n) is 3.24. The zero-order valence-electron chi connectivity index (χ0n) is 16.9. The lowest BCUT2D eigenvalue weighted by molar-refractivity contribution is 0.415. The highest BCUT2D eigenvalue weighted by atomic mass is 35.5. The number of rotatable bonds is 5. The highest BCUT2D eigenvalue weighted by molar-refractivity contribution is 6.30. The predicted molar refractivity (Wildman–Crippen MR) is 123 cm³/mol. The van der Waals surface area contributed by atoms with Crippen molar-refractivity contribution in [2.75, 3.05) is 12.8 Å². The van der Waals surface area contributed by atoms with Gasteiger partial charge in [-0.15, -0.1) is 10.2 Å². The van der Waals surface area contributed by atoms with Gasteiger partial charge in [-0.2, -0.15) is 5.11 Å². The number of anilines is 1. The maximum Gasteiger partial charge on any atom is 0.186 e. The molecule has 0 fully saturated rings. The number of hydrogen-bond donors (Lipinski definition) is 1. The molecule has 0 aliphatic rings. The summed E-state index contributed by atoms with van der Waals surface area (Å²) >= 11 is 5.94. The number of azo groups is 1. The molecule has 0 radical (unpaired) electrons. The van der Waals surface area contributed by atoms with Gasteiger partial charge in [0.1, 0.15) is 11.4 Å². The molecule has 0 bridgehead atoms. The maximum absolute atomic E-state index is 6.20. The summed E-state index contributed by atoms with van der Waals surface area (Å²) in [4.78, 5) is 4.78. The van der Waals surface area contributed by atoms with Gasteiger partial charge < -0.3 is 14.9 Å². The first-order valence-corrected chi connectivity index (χ1v) is 10.0. The van der Waals surface area contributed by atoms with Crippen LogP contribution in [0.2, 0.25) is 5.02 Å². The Morgan fingerprint density at radius 1 is 1.03 bits per heavy atom. The van der Waals surface area contributed by atoms with Gasteiger partial charge in [0.05, 0.1) is 24.8 Å². The lowest BCUT2D eigenvalue weighted by atomic mass is 10.1. The van der Waals surface area contributed by atoms with Crippen molar-refractivity contribution in [2.24, 2.45) is 10.2 Å². The van der Waals surface area contributed by atoms with E-state index in [4.69, 9.17) is 31.5 Å². The quantitative estimate of drug-likeness (QED) is 0.319. The summed E-state index contributed by atoms with van der Waals surface area (Å²) in [6.07, 6.45) is 1.60. The molecular weight excluding hydrogens is 428 g/mol. The number of hydrogen-bond acceptors (Lipinski definition) is 7. The minimum atomic E-state index is 0.204. The monoisotopic (exact) mass is 444 g/mol. The second-order valence-electron chi connectivity index (χ2n) is 6.88. The van der Waals surface area contributed by atoms with Crippen LogP contribution in [-0.4, -0.2) is 21.7 Å². The van der Waals surface area contributed by atoms with Crippen LogP contribution in [0.15, 0.2) is 87.6 Å². The van der Waals surface area contributed by atoms with Gasteiger partial charge in [-0.25, -0.2) is 9.50 Å². The SMILES string of the molecule is COc1ccc(-c2cc(-c3ccco3)n3nc(N)c(N=Nc4ccc(Cl)cc4)c3n2)cc1. The summed E-state index contributed by atoms with van der Waals surface area (Å²) in [5.41, 5.74) is 9.93. The first-order chi connectivity index (χ1) is 15.6. The van der Waals surface area contributed by atoms with Gasteiger partial charge in [-0.05, 0) is 66.7 Å². The third-order valence-electron chi connectivity index (χ3n) is 4.84. The first-order valence-electron chi connectivity index (χ1n) is 9.67. The molecule has 8 nitrogen and oxygen atoms in total. The van der Waals surface area contributed by atoms with E-state index in [9.17, 15) is 0 Å². The van der Waals surface area contributed by atoms with E-state index in [-0.39, 0.29) is 5.82 Å². The summed E-state index contributed by atoms with van der Waals surface area (Å²) in [7, 11) is 1.63. The summed E-state index contributed by atoms with van der Waals surface area (Å²) in [5.74, 6) is 1.58. The Morgan fingerprint density at radius 3 is 2.50 bits per heavy atom. The molecule has 32 heavy (non-hydrogen) atoms. The van der Waals surface area contributed by atoms with Gasteiger partial charge in [-0.3, -0.25) is 0 Å². The van der Waals surface area contributed by atoms with E-state index in [2.05, 4.69) is 15.3 Å². The minimum absolute atomic E-state index is 0.204. The van der Waals surface area contributed by atoms with Crippen LogP contribution in [0.5, 0.6) is 5.75 Å². The van der Waals surface area contributed by atoms with E-state index >= 15 is 0 Å². The molecule has 0 unspecified atom stereocenters. The first kappa shape index (κ1) is 19.8. The molecule has 2 N–H and O–H groups in total. The standard InChI is InChI=1S/C23H17ClN6O2/c1-31-17-10-4-14(5-11-17)18-13-19(20-3-2-12-32-20)30-23(26-18)21(22(25)29-30)28-27-16-8-6-15(24)7-9-16/h2-13H,1H3,(H2,25,29). The predicted octanol–water partition coefficient (Wildman–Crippen LogP) is 6.32. The van der Waals surface area contributed by atoms with Crippen molar-refractivity contribution >= 4 is 34.4 Å². The fourth-order valence-corrected chi connectivity index (χ4v) is 3.37. The molecule has 3 aromatic heterocycles. The van der Waals surface area contributed by atoms with Crippen molar-refractivity contribution < 1.29 is 9.15 Å². The minimum Gasteiger partial charge on any atom is -0.497 e. The van der Waals surface area contributed by atoms with Gasteiger partial charge in [0.25, 0.3) is 0 Å². The Hall–Kier alpha value is -4.17. The number of nitrogens with two attached hydrogens (primary N) is 1. The molecule has 0 saturated carbocycles. The number of ether oxygens (including phenoxy) is 1. The number of methoxy groups -OCH3 is 1. The van der Waals surface area contributed by atoms with Crippen LogP contribution < -0.4 is 10.5 Å². The molecule has 5 rings (SSSR count). The highest BCUT2D eigenvalue weighted by Gasteiger charge is 2.19. The Labute approximate surface area is 187 Å². The van der Waals surface area contributed by atoms with Crippen LogP contribution in [0.4, 0.5) is 17.2 Å². The normalized spacial score (nSPS) is 11.4. The number of halogens is 1. The topological polar surface area (TPSA) is 103 Å². The number of aromatic nitrogens is 3. The van der Waals surface area contributed by atoms with E-state index in [0.29, 0.717) is 39.2 Å². The van der Waals surface area contributed by atoms with E-state index in [1.54, 1.807) is 42.2 Å². The molecule has 0 aliphatic carbocycles. The molecule has 0 aliphatic heterocycles. The zero-order chi connectivity index (χ0) is 22.1. The Balaban J connectivity index is 1.68. The zero-order valence-corrected chi connectivity index (χ0v) is 17.7. The van der Waals surface area contributed by atoms with E-state index in [1.807, 2.05) is 42.5 Å². The summed E-state index contributed by atoms with van der Waals surface area (Å²) in [6.45, 7) is 0. The lowest BCUT2D eigenvalue weighted by Gasteiger charge is -2.07. The largest absolute Gasteiger partial charge is 0.497 e. The highest BCUT2D eigenvalue weighted by Crippen LogP contribution is 2.34. The third-order valence-corrected chi connectivity index (χ3v) is 5.09. The summed E-state index contributed by atoms with van der Waals surface area (Å²) in [5, 5.41) is 13.7. The van der Waals surface area contributed by atoms with Gasteiger partial charge in [-0.1, -0.05) is 11.6 Å². The average Bonchev–Trinajstić information content (AvgIpc) is 3.46. The van der Waals surface area contributed by atoms with Crippen molar-refractivity contribution in [3.05, 3.63) is 78.0 Å². The molecule has 0 amide bonds. The van der Waals surface area contributed by atoms with E-state index < -0.39 is 0 Å². The maximum atomic E-state index is 6.20. The number of fused-ring (bicyclic) bond motifs is 1. The van der Waals surface area contributed by atoms with Crippen LogP contribution in [0.3, 0.4) is 0 Å². The Kier molecular flexibility index (Phi) is 5.04. The molecule has 3 heterocycles. The Morgan fingerprint density at radius 2 is 1.81 bits per heavy atom. The van der Waals surface area contributed by atoms with Crippen LogP contribution in [0.25, 0.3) is 28.4 Å². The average molecular weight is 445 g/mol. The summed E-state index contributed by atoms with van der Waals surface area (Å²) in [6, 6.07) is 20.2. The molecule has 9 heteroatoms. The number of furan rings is 1. The number of nitrogen functional groups attached to an aromatic ring is 1. The van der Waals surface area contributed by atoms with Crippen molar-refractivity contribution in [1.82, 2.24) is 14.6 Å². The number of nitrogens with zero attached hydrogens (tertiary/aromatic N) is 5. The molecular formula is C23H17ClN6O2. The van der Waals surface area contributed by atoms with E-state index in [0.717, 1.165) is 11.3 Å². The third kappa shape index (κ3) is 3.67. The van der Waals surface area contributed by atoms with Gasteiger partial charge in [0.2, 0.25) is 0 Å². The van der Waals surface area contributed by atoms with Crippen LogP contribution in [0, 0.1) is 0 Å². The molecule has 0 atom stereocenters. The van der Waals surface area contributed by atoms with Crippen molar-refractivity contribution in [3.8, 4) is 28.5 Å². The fraction of sp³-hybridized carbons (Fsp3) is 0.0435. The van der Waals surface area contributed by atoms with Crippen LogP contribution in [-0.2, 0) is 0 Å². The van der Waals surface area contributed by atoms with E-state index in [1.165, 1.54) is 0 Å². The second kappa shape index (κ2) is 8.16. The Bertz CT molecular complexity index is 1410. The van der Waals surface area contributed by atoms with Gasteiger partial charge >= 0.3 is 0 Å². The summed E-state index contributed by atoms with van der Waals surface area (Å²) < 4.78 is 12.5. The van der Waals surface area contributed by atoms with Gasteiger partial charge in [0.15, 0.2) is 22.9 Å². The van der Waals surface area contributed by atoms with Crippen LogP contribution >= 0.6 is 11.6 Å². The van der Waals surface area contributed by atoms with Gasteiger partial charge in [0, 0.05) is 10.6 Å². The molecule has 5 aromatic rings. The van der Waals surface area contributed by atoms with Crippen LogP contribution in [0.1, 0.15) is 0 Å². The molecule has 158 valence electrons. The van der Waals surface area contributed by atoms with Crippen molar-refractivity contribution in [2.45, 2.75) is 0 Å². The number of benzene rings is 2. The van der Waals surface area contributed by atoms with Crippen molar-refractivity contribution in [1.29, 1.82) is 0 Å². The molecule has 0 saturated heterocycles.